The summed E-state index contributed by atoms with van der Waals surface area (Å²) < 4.78 is 28.4. The summed E-state index contributed by atoms with van der Waals surface area (Å²) in [6, 6.07) is 10.2. The number of para-hydroxylation sites is 1. The summed E-state index contributed by atoms with van der Waals surface area (Å²) in [5.74, 6) is 0.852. The average molecular weight is 347 g/mol. The fourth-order valence-corrected chi connectivity index (χ4v) is 2.98. The summed E-state index contributed by atoms with van der Waals surface area (Å²) in [4.78, 5) is 15.7. The highest BCUT2D eigenvalue weighted by Gasteiger charge is 2.22. The van der Waals surface area contributed by atoms with Crippen LogP contribution < -0.4 is 15.4 Å². The maximum absolute atomic E-state index is 11.9. The van der Waals surface area contributed by atoms with Crippen molar-refractivity contribution in [2.45, 2.75) is 17.6 Å². The Labute approximate surface area is 140 Å². The van der Waals surface area contributed by atoms with Crippen molar-refractivity contribution in [3.63, 3.8) is 0 Å². The Morgan fingerprint density at radius 3 is 2.75 bits per heavy atom. The summed E-state index contributed by atoms with van der Waals surface area (Å²) >= 11 is 0. The van der Waals surface area contributed by atoms with Crippen LogP contribution in [0.3, 0.4) is 0 Å². The number of ether oxygens (including phenoxy) is 1. The van der Waals surface area contributed by atoms with E-state index in [9.17, 15) is 13.2 Å². The molecule has 0 unspecified atom stereocenters. The molecule has 7 nitrogen and oxygen atoms in total. The number of rotatable bonds is 4. The number of nitrogens with one attached hydrogen (secondary N) is 2. The van der Waals surface area contributed by atoms with Gasteiger partial charge in [0.15, 0.2) is 14.9 Å². The molecule has 8 heteroatoms. The number of benzene rings is 1. The number of carbonyl (C=O) groups is 1. The van der Waals surface area contributed by atoms with Crippen molar-refractivity contribution in [2.75, 3.05) is 18.1 Å². The minimum absolute atomic E-state index is 0.0365. The van der Waals surface area contributed by atoms with E-state index in [2.05, 4.69) is 15.6 Å². The highest BCUT2D eigenvalue weighted by Crippen LogP contribution is 2.27. The summed E-state index contributed by atoms with van der Waals surface area (Å²) in [6.45, 7) is 0.370. The summed E-state index contributed by atoms with van der Waals surface area (Å²) in [6.07, 6.45) is 3.03. The molecule has 1 aliphatic heterocycles. The molecule has 1 atom stereocenters. The molecule has 0 saturated carbocycles. The molecule has 0 radical (unpaired) electrons. The first kappa shape index (κ1) is 16.3. The molecule has 1 aromatic carbocycles. The quantitative estimate of drug-likeness (QED) is 0.876. The number of aromatic nitrogens is 1. The number of fused-ring (bicyclic) bond motifs is 1. The third kappa shape index (κ3) is 3.83. The summed E-state index contributed by atoms with van der Waals surface area (Å²) in [7, 11) is -3.35. The van der Waals surface area contributed by atoms with Crippen molar-refractivity contribution in [3.8, 4) is 5.75 Å². The lowest BCUT2D eigenvalue weighted by atomic mass is 10.1. The molecule has 2 N–H and O–H groups in total. The molecular formula is C16H17N3O4S. The van der Waals surface area contributed by atoms with Gasteiger partial charge >= 0.3 is 6.03 Å². The van der Waals surface area contributed by atoms with Gasteiger partial charge in [0.25, 0.3) is 0 Å². The van der Waals surface area contributed by atoms with E-state index in [1.54, 1.807) is 0 Å². The largest absolute Gasteiger partial charge is 0.488 e. The van der Waals surface area contributed by atoms with E-state index in [1.807, 2.05) is 24.3 Å². The van der Waals surface area contributed by atoms with Crippen molar-refractivity contribution in [1.29, 1.82) is 0 Å². The normalized spacial score (nSPS) is 16.1. The Morgan fingerprint density at radius 2 is 2.08 bits per heavy atom. The zero-order valence-corrected chi connectivity index (χ0v) is 13.8. The van der Waals surface area contributed by atoms with Gasteiger partial charge in [0, 0.05) is 12.7 Å². The van der Waals surface area contributed by atoms with Crippen LogP contribution in [0.25, 0.3) is 0 Å². The van der Waals surface area contributed by atoms with Gasteiger partial charge in [0.1, 0.15) is 11.9 Å². The minimum atomic E-state index is -3.35. The molecule has 1 aromatic heterocycles. The highest BCUT2D eigenvalue weighted by molar-refractivity contribution is 7.90. The molecule has 2 amide bonds. The Balaban J connectivity index is 1.50. The number of pyridine rings is 1. The lowest BCUT2D eigenvalue weighted by Gasteiger charge is -2.12. The molecule has 0 bridgehead atoms. The molecule has 0 aliphatic carbocycles. The Hall–Kier alpha value is -2.61. The van der Waals surface area contributed by atoms with Gasteiger partial charge in [-0.1, -0.05) is 18.2 Å². The van der Waals surface area contributed by atoms with Crippen LogP contribution in [0.4, 0.5) is 10.5 Å². The Morgan fingerprint density at radius 1 is 1.29 bits per heavy atom. The van der Waals surface area contributed by atoms with Crippen LogP contribution in [-0.4, -0.2) is 38.3 Å². The molecule has 3 rings (SSSR count). The monoisotopic (exact) mass is 347 g/mol. The molecule has 2 heterocycles. The molecule has 126 valence electrons. The Kier molecular flexibility index (Phi) is 4.39. The first-order chi connectivity index (χ1) is 11.4. The fourth-order valence-electron chi connectivity index (χ4n) is 2.42. The molecule has 0 saturated heterocycles. The van der Waals surface area contributed by atoms with Gasteiger partial charge in [0.2, 0.25) is 0 Å². The highest BCUT2D eigenvalue weighted by atomic mass is 32.2. The first-order valence-electron chi connectivity index (χ1n) is 7.37. The Bertz CT molecular complexity index is 825. The molecular weight excluding hydrogens is 330 g/mol. The number of nitrogens with zero attached hydrogens (tertiary/aromatic N) is 1. The standard InChI is InChI=1S/C16H17N3O4S/c1-24(21,22)15-7-6-12(9-17-15)19-16(20)18-10-13-8-11-4-2-3-5-14(11)23-13/h2-7,9,13H,8,10H2,1H3,(H2,18,19,20)/t13-/m0/s1. The first-order valence-corrected chi connectivity index (χ1v) is 9.26. The van der Waals surface area contributed by atoms with E-state index >= 15 is 0 Å². The number of hydrogen-bond donors (Lipinski definition) is 2. The SMILES string of the molecule is CS(=O)(=O)c1ccc(NC(=O)NC[C@@H]2Cc3ccccc3O2)cn1. The van der Waals surface area contributed by atoms with Gasteiger partial charge in [-0.05, 0) is 23.8 Å². The lowest BCUT2D eigenvalue weighted by Crippen LogP contribution is -2.37. The maximum atomic E-state index is 11.9. The second kappa shape index (κ2) is 6.48. The van der Waals surface area contributed by atoms with Gasteiger partial charge in [0.05, 0.1) is 18.4 Å². The third-order valence-corrected chi connectivity index (χ3v) is 4.58. The fraction of sp³-hybridized carbons (Fsp3) is 0.250. The molecule has 2 aromatic rings. The molecule has 0 spiro atoms. The van der Waals surface area contributed by atoms with Crippen LogP contribution in [0.2, 0.25) is 0 Å². The zero-order chi connectivity index (χ0) is 17.2. The van der Waals surface area contributed by atoms with E-state index in [0.29, 0.717) is 12.2 Å². The molecule has 1 aliphatic rings. The van der Waals surface area contributed by atoms with Crippen LogP contribution in [-0.2, 0) is 16.3 Å². The molecule has 24 heavy (non-hydrogen) atoms. The topological polar surface area (TPSA) is 97.4 Å². The third-order valence-electron chi connectivity index (χ3n) is 3.58. The van der Waals surface area contributed by atoms with Crippen molar-refractivity contribution in [3.05, 3.63) is 48.2 Å². The average Bonchev–Trinajstić information content (AvgIpc) is 2.95. The maximum Gasteiger partial charge on any atom is 0.319 e. The van der Waals surface area contributed by atoms with Crippen molar-refractivity contribution >= 4 is 21.6 Å². The van der Waals surface area contributed by atoms with Crippen LogP contribution in [0, 0.1) is 0 Å². The second-order valence-electron chi connectivity index (χ2n) is 5.54. The van der Waals surface area contributed by atoms with Crippen LogP contribution >= 0.6 is 0 Å². The second-order valence-corrected chi connectivity index (χ2v) is 7.51. The van der Waals surface area contributed by atoms with E-state index in [-0.39, 0.29) is 11.1 Å². The van der Waals surface area contributed by atoms with Crippen molar-refractivity contribution in [1.82, 2.24) is 10.3 Å². The zero-order valence-electron chi connectivity index (χ0n) is 13.0. The predicted octanol–water partition coefficient (Wildman–Crippen LogP) is 1.61. The number of anilines is 1. The van der Waals surface area contributed by atoms with Crippen LogP contribution in [0.1, 0.15) is 5.56 Å². The molecule has 0 fully saturated rings. The van der Waals surface area contributed by atoms with E-state index in [1.165, 1.54) is 18.3 Å². The van der Waals surface area contributed by atoms with Gasteiger partial charge in [-0.15, -0.1) is 0 Å². The number of hydrogen-bond acceptors (Lipinski definition) is 5. The summed E-state index contributed by atoms with van der Waals surface area (Å²) in [5.41, 5.74) is 1.54. The van der Waals surface area contributed by atoms with Gasteiger partial charge in [-0.25, -0.2) is 18.2 Å². The summed E-state index contributed by atoms with van der Waals surface area (Å²) in [5, 5.41) is 5.30. The van der Waals surface area contributed by atoms with Gasteiger partial charge < -0.3 is 15.4 Å². The van der Waals surface area contributed by atoms with Crippen molar-refractivity contribution < 1.29 is 17.9 Å². The van der Waals surface area contributed by atoms with Crippen LogP contribution in [0.15, 0.2) is 47.6 Å². The smallest absolute Gasteiger partial charge is 0.319 e. The number of carbonyl (C=O) groups excluding carboxylic acids is 1. The van der Waals surface area contributed by atoms with Gasteiger partial charge in [-0.3, -0.25) is 0 Å². The van der Waals surface area contributed by atoms with E-state index in [0.717, 1.165) is 24.0 Å². The number of sulfone groups is 1. The van der Waals surface area contributed by atoms with Crippen LogP contribution in [0.5, 0.6) is 5.75 Å². The number of amides is 2. The predicted molar refractivity (Wildman–Crippen MR) is 88.9 cm³/mol. The van der Waals surface area contributed by atoms with Gasteiger partial charge in [-0.2, -0.15) is 0 Å². The lowest BCUT2D eigenvalue weighted by molar-refractivity contribution is 0.219. The van der Waals surface area contributed by atoms with Crippen molar-refractivity contribution in [2.24, 2.45) is 0 Å². The van der Waals surface area contributed by atoms with E-state index < -0.39 is 15.9 Å². The van der Waals surface area contributed by atoms with E-state index in [4.69, 9.17) is 4.74 Å². The minimum Gasteiger partial charge on any atom is -0.488 e. The number of urea groups is 1.